The first-order valence-electron chi connectivity index (χ1n) is 7.44. The molecule has 1 N–H and O–H groups in total. The Morgan fingerprint density at radius 1 is 1.22 bits per heavy atom. The number of hydrogen-bond donors (Lipinski definition) is 1. The molecule has 0 fully saturated rings. The summed E-state index contributed by atoms with van der Waals surface area (Å²) in [5, 5.41) is 12.9. The van der Waals surface area contributed by atoms with Crippen molar-refractivity contribution >= 4 is 16.9 Å². The lowest BCUT2D eigenvalue weighted by Crippen LogP contribution is -2.34. The van der Waals surface area contributed by atoms with Crippen LogP contribution in [-0.2, 0) is 6.42 Å². The van der Waals surface area contributed by atoms with Crippen LogP contribution in [0, 0.1) is 11.3 Å². The van der Waals surface area contributed by atoms with Crippen molar-refractivity contribution in [1.29, 1.82) is 5.26 Å². The Hall–Kier alpha value is -3.06. The molecule has 1 heterocycles. The molecule has 0 aliphatic carbocycles. The van der Waals surface area contributed by atoms with Gasteiger partial charge in [0.1, 0.15) is 11.3 Å². The summed E-state index contributed by atoms with van der Waals surface area (Å²) in [4.78, 5) is 12.2. The van der Waals surface area contributed by atoms with Gasteiger partial charge in [-0.3, -0.25) is 4.79 Å². The van der Waals surface area contributed by atoms with E-state index in [2.05, 4.69) is 5.32 Å². The average molecular weight is 304 g/mol. The summed E-state index contributed by atoms with van der Waals surface area (Å²) in [5.41, 5.74) is 1.81. The molecule has 1 aromatic heterocycles. The van der Waals surface area contributed by atoms with Gasteiger partial charge in [-0.15, -0.1) is 0 Å². The molecule has 0 unspecified atom stereocenters. The SMILES string of the molecule is C[C@H](Cc1cc2ccccc2o1)NC(=O)c1cccc(C#N)c1. The molecule has 0 saturated carbocycles. The number of fused-ring (bicyclic) bond motifs is 1. The molecule has 4 heteroatoms. The van der Waals surface area contributed by atoms with E-state index in [-0.39, 0.29) is 11.9 Å². The van der Waals surface area contributed by atoms with E-state index in [4.69, 9.17) is 9.68 Å². The van der Waals surface area contributed by atoms with E-state index in [1.165, 1.54) is 0 Å². The van der Waals surface area contributed by atoms with Crippen molar-refractivity contribution in [2.24, 2.45) is 0 Å². The molecule has 3 rings (SSSR count). The van der Waals surface area contributed by atoms with Crippen LogP contribution in [0.5, 0.6) is 0 Å². The molecule has 0 radical (unpaired) electrons. The van der Waals surface area contributed by atoms with E-state index >= 15 is 0 Å². The van der Waals surface area contributed by atoms with Crippen LogP contribution in [-0.4, -0.2) is 11.9 Å². The van der Waals surface area contributed by atoms with Crippen LogP contribution < -0.4 is 5.32 Å². The number of carbonyl (C=O) groups is 1. The molecule has 0 bridgehead atoms. The van der Waals surface area contributed by atoms with E-state index in [1.54, 1.807) is 24.3 Å². The molecule has 23 heavy (non-hydrogen) atoms. The summed E-state index contributed by atoms with van der Waals surface area (Å²) in [6.07, 6.45) is 0.609. The lowest BCUT2D eigenvalue weighted by molar-refractivity contribution is 0.0939. The van der Waals surface area contributed by atoms with Crippen LogP contribution >= 0.6 is 0 Å². The van der Waals surface area contributed by atoms with Gasteiger partial charge in [0.2, 0.25) is 0 Å². The molecule has 0 spiro atoms. The van der Waals surface area contributed by atoms with Crippen LogP contribution in [0.25, 0.3) is 11.0 Å². The number of amides is 1. The zero-order chi connectivity index (χ0) is 16.2. The molecule has 2 aromatic carbocycles. The number of rotatable bonds is 4. The molecule has 114 valence electrons. The van der Waals surface area contributed by atoms with Crippen LogP contribution in [0.2, 0.25) is 0 Å². The van der Waals surface area contributed by atoms with Crippen LogP contribution in [0.3, 0.4) is 0 Å². The lowest BCUT2D eigenvalue weighted by Gasteiger charge is -2.12. The van der Waals surface area contributed by atoms with E-state index in [0.29, 0.717) is 17.5 Å². The highest BCUT2D eigenvalue weighted by molar-refractivity contribution is 5.94. The zero-order valence-electron chi connectivity index (χ0n) is 12.7. The maximum absolute atomic E-state index is 12.2. The van der Waals surface area contributed by atoms with Gasteiger partial charge in [0.15, 0.2) is 0 Å². The lowest BCUT2D eigenvalue weighted by atomic mass is 10.1. The van der Waals surface area contributed by atoms with E-state index in [0.717, 1.165) is 16.7 Å². The first kappa shape index (κ1) is 14.9. The number of nitrogens with zero attached hydrogens (tertiary/aromatic N) is 1. The van der Waals surface area contributed by atoms with Crippen molar-refractivity contribution in [3.63, 3.8) is 0 Å². The number of nitrogens with one attached hydrogen (secondary N) is 1. The largest absolute Gasteiger partial charge is 0.461 e. The molecule has 3 aromatic rings. The first-order chi connectivity index (χ1) is 11.2. The summed E-state index contributed by atoms with van der Waals surface area (Å²) in [5.74, 6) is 0.649. The standard InChI is InChI=1S/C19H16N2O2/c1-13(9-17-11-15-6-2-3-8-18(15)23-17)21-19(22)16-7-4-5-14(10-16)12-20/h2-8,10-11,13H,9H2,1H3,(H,21,22)/t13-/m1/s1. The fraction of sp³-hybridized carbons (Fsp3) is 0.158. The molecular formula is C19H16N2O2. The summed E-state index contributed by atoms with van der Waals surface area (Å²) < 4.78 is 5.77. The number of nitriles is 1. The average Bonchev–Trinajstić information content (AvgIpc) is 2.96. The second-order valence-electron chi connectivity index (χ2n) is 5.52. The number of para-hydroxylation sites is 1. The zero-order valence-corrected chi connectivity index (χ0v) is 12.7. The molecule has 0 aliphatic heterocycles. The first-order valence-corrected chi connectivity index (χ1v) is 7.44. The quantitative estimate of drug-likeness (QED) is 0.799. The van der Waals surface area contributed by atoms with Crippen molar-refractivity contribution < 1.29 is 9.21 Å². The van der Waals surface area contributed by atoms with Crippen molar-refractivity contribution in [3.05, 3.63) is 71.5 Å². The van der Waals surface area contributed by atoms with Gasteiger partial charge in [-0.05, 0) is 37.3 Å². The van der Waals surface area contributed by atoms with Gasteiger partial charge in [0, 0.05) is 23.4 Å². The van der Waals surface area contributed by atoms with Crippen molar-refractivity contribution in [2.45, 2.75) is 19.4 Å². The predicted molar refractivity (Wildman–Crippen MR) is 88.0 cm³/mol. The molecule has 0 aliphatic rings. The second-order valence-corrected chi connectivity index (χ2v) is 5.52. The fourth-order valence-corrected chi connectivity index (χ4v) is 2.53. The van der Waals surface area contributed by atoms with Gasteiger partial charge >= 0.3 is 0 Å². The summed E-state index contributed by atoms with van der Waals surface area (Å²) >= 11 is 0. The van der Waals surface area contributed by atoms with E-state index in [1.807, 2.05) is 43.3 Å². The van der Waals surface area contributed by atoms with Gasteiger partial charge in [-0.2, -0.15) is 5.26 Å². The highest BCUT2D eigenvalue weighted by atomic mass is 16.3. The minimum atomic E-state index is -0.189. The smallest absolute Gasteiger partial charge is 0.251 e. The Kier molecular flexibility index (Phi) is 4.11. The van der Waals surface area contributed by atoms with Crippen LogP contribution in [0.4, 0.5) is 0 Å². The minimum Gasteiger partial charge on any atom is -0.461 e. The van der Waals surface area contributed by atoms with Crippen LogP contribution in [0.15, 0.2) is 59.0 Å². The van der Waals surface area contributed by atoms with Crippen LogP contribution in [0.1, 0.15) is 28.6 Å². The molecule has 1 atom stereocenters. The van der Waals surface area contributed by atoms with E-state index in [9.17, 15) is 4.79 Å². The second kappa shape index (κ2) is 6.37. The normalized spacial score (nSPS) is 11.8. The van der Waals surface area contributed by atoms with Crippen molar-refractivity contribution in [1.82, 2.24) is 5.32 Å². The van der Waals surface area contributed by atoms with Gasteiger partial charge in [-0.1, -0.05) is 24.3 Å². The Balaban J connectivity index is 1.67. The molecule has 4 nitrogen and oxygen atoms in total. The highest BCUT2D eigenvalue weighted by Gasteiger charge is 2.13. The number of furan rings is 1. The predicted octanol–water partition coefficient (Wildman–Crippen LogP) is 3.67. The van der Waals surface area contributed by atoms with Gasteiger partial charge in [0.05, 0.1) is 11.6 Å². The van der Waals surface area contributed by atoms with Gasteiger partial charge in [0.25, 0.3) is 5.91 Å². The summed E-state index contributed by atoms with van der Waals surface area (Å²) in [6.45, 7) is 1.93. The number of carbonyl (C=O) groups excluding carboxylic acids is 1. The third-order valence-corrected chi connectivity index (χ3v) is 3.62. The third-order valence-electron chi connectivity index (χ3n) is 3.62. The summed E-state index contributed by atoms with van der Waals surface area (Å²) in [7, 11) is 0. The topological polar surface area (TPSA) is 66.0 Å². The minimum absolute atomic E-state index is 0.0752. The Morgan fingerprint density at radius 2 is 2.04 bits per heavy atom. The van der Waals surface area contributed by atoms with Crippen molar-refractivity contribution in [2.75, 3.05) is 0 Å². The Bertz CT molecular complexity index is 857. The summed E-state index contributed by atoms with van der Waals surface area (Å²) in [6, 6.07) is 18.4. The highest BCUT2D eigenvalue weighted by Crippen LogP contribution is 2.19. The third kappa shape index (κ3) is 3.41. The molecule has 1 amide bonds. The number of hydrogen-bond acceptors (Lipinski definition) is 3. The fourth-order valence-electron chi connectivity index (χ4n) is 2.53. The molecular weight excluding hydrogens is 288 g/mol. The Labute approximate surface area is 134 Å². The Morgan fingerprint density at radius 3 is 2.83 bits per heavy atom. The maximum atomic E-state index is 12.2. The number of benzene rings is 2. The monoisotopic (exact) mass is 304 g/mol. The van der Waals surface area contributed by atoms with Crippen molar-refractivity contribution in [3.8, 4) is 6.07 Å². The van der Waals surface area contributed by atoms with Gasteiger partial charge in [-0.25, -0.2) is 0 Å². The van der Waals surface area contributed by atoms with E-state index < -0.39 is 0 Å². The molecule has 0 saturated heterocycles. The van der Waals surface area contributed by atoms with Gasteiger partial charge < -0.3 is 9.73 Å². The maximum Gasteiger partial charge on any atom is 0.251 e.